The summed E-state index contributed by atoms with van der Waals surface area (Å²) in [5.74, 6) is 1.30. The monoisotopic (exact) mass is 391 g/mol. The van der Waals surface area contributed by atoms with Crippen LogP contribution >= 0.6 is 0 Å². The zero-order chi connectivity index (χ0) is 20.4. The minimum absolute atomic E-state index is 0.289. The molecule has 0 aliphatic rings. The third-order valence-electron chi connectivity index (χ3n) is 4.56. The molecule has 3 aromatic heterocycles. The van der Waals surface area contributed by atoms with Gasteiger partial charge in [0.1, 0.15) is 17.0 Å². The van der Waals surface area contributed by atoms with E-state index in [4.69, 9.17) is 14.8 Å². The van der Waals surface area contributed by atoms with Crippen LogP contribution in [0.25, 0.3) is 28.1 Å². The smallest absolute Gasteiger partial charge is 0.404 e. The van der Waals surface area contributed by atoms with E-state index in [0.29, 0.717) is 23.9 Å². The topological polar surface area (TPSA) is 102 Å². The number of rotatable bonds is 6. The lowest BCUT2D eigenvalue weighted by Crippen LogP contribution is -2.36. The van der Waals surface area contributed by atoms with Gasteiger partial charge in [-0.05, 0) is 24.3 Å². The molecule has 148 valence electrons. The van der Waals surface area contributed by atoms with Crippen LogP contribution in [-0.2, 0) is 0 Å². The Balaban J connectivity index is 1.65. The van der Waals surface area contributed by atoms with E-state index in [0.717, 1.165) is 16.6 Å². The fraction of sp³-hybridized carbons (Fsp3) is 0.238. The average Bonchev–Trinajstić information content (AvgIpc) is 3.15. The van der Waals surface area contributed by atoms with E-state index in [1.165, 1.54) is 0 Å². The van der Waals surface area contributed by atoms with E-state index in [9.17, 15) is 4.79 Å². The molecule has 8 heteroatoms. The van der Waals surface area contributed by atoms with Gasteiger partial charge in [-0.25, -0.2) is 9.78 Å². The molecular formula is C21H21N5O3. The molecule has 0 aliphatic carbocycles. The van der Waals surface area contributed by atoms with Crippen LogP contribution in [0.5, 0.6) is 5.75 Å². The quantitative estimate of drug-likeness (QED) is 0.521. The van der Waals surface area contributed by atoms with Gasteiger partial charge in [0, 0.05) is 23.5 Å². The molecule has 0 aliphatic heterocycles. The summed E-state index contributed by atoms with van der Waals surface area (Å²) in [6.45, 7) is 4.51. The van der Waals surface area contributed by atoms with Crippen molar-refractivity contribution >= 4 is 22.6 Å². The lowest BCUT2D eigenvalue weighted by atomic mass is 9.95. The van der Waals surface area contributed by atoms with Gasteiger partial charge in [0.2, 0.25) is 0 Å². The highest BCUT2D eigenvalue weighted by atomic mass is 16.5. The van der Waals surface area contributed by atoms with E-state index >= 15 is 0 Å². The summed E-state index contributed by atoms with van der Waals surface area (Å²) in [4.78, 5) is 15.5. The Bertz CT molecular complexity index is 1190. The van der Waals surface area contributed by atoms with Gasteiger partial charge in [-0.3, -0.25) is 4.40 Å². The van der Waals surface area contributed by atoms with Crippen molar-refractivity contribution in [3.63, 3.8) is 0 Å². The minimum Gasteiger partial charge on any atom is -0.491 e. The van der Waals surface area contributed by atoms with E-state index in [2.05, 4.69) is 15.5 Å². The Kier molecular flexibility index (Phi) is 4.75. The predicted molar refractivity (Wildman–Crippen MR) is 109 cm³/mol. The first-order valence-electron chi connectivity index (χ1n) is 9.22. The number of carbonyl (C=O) groups is 1. The number of benzene rings is 1. The Morgan fingerprint density at radius 3 is 2.83 bits per heavy atom. The number of nitrogens with zero attached hydrogens (tertiary/aromatic N) is 4. The second-order valence-corrected chi connectivity index (χ2v) is 7.59. The van der Waals surface area contributed by atoms with Crippen LogP contribution in [-0.4, -0.2) is 43.9 Å². The zero-order valence-electron chi connectivity index (χ0n) is 16.2. The van der Waals surface area contributed by atoms with Gasteiger partial charge in [-0.1, -0.05) is 38.1 Å². The van der Waals surface area contributed by atoms with Gasteiger partial charge < -0.3 is 15.2 Å². The zero-order valence-corrected chi connectivity index (χ0v) is 16.2. The molecule has 0 saturated carbocycles. The highest BCUT2D eigenvalue weighted by Crippen LogP contribution is 2.28. The number of ether oxygens (including phenoxy) is 1. The van der Waals surface area contributed by atoms with E-state index < -0.39 is 6.09 Å². The second-order valence-electron chi connectivity index (χ2n) is 7.59. The Morgan fingerprint density at radius 1 is 1.14 bits per heavy atom. The average molecular weight is 391 g/mol. The van der Waals surface area contributed by atoms with Crippen LogP contribution in [0.4, 0.5) is 4.79 Å². The van der Waals surface area contributed by atoms with Gasteiger partial charge in [-0.15, -0.1) is 10.2 Å². The second kappa shape index (κ2) is 7.38. The molecule has 0 atom stereocenters. The molecule has 0 radical (unpaired) electrons. The summed E-state index contributed by atoms with van der Waals surface area (Å²) in [6.07, 6.45) is 0.853. The van der Waals surface area contributed by atoms with Crippen LogP contribution in [0.3, 0.4) is 0 Å². The molecule has 2 N–H and O–H groups in total. The highest BCUT2D eigenvalue weighted by molar-refractivity contribution is 5.86. The van der Waals surface area contributed by atoms with Gasteiger partial charge in [0.15, 0.2) is 11.5 Å². The molecule has 1 amide bonds. The van der Waals surface area contributed by atoms with Gasteiger partial charge in [0.25, 0.3) is 0 Å². The fourth-order valence-electron chi connectivity index (χ4n) is 3.02. The van der Waals surface area contributed by atoms with Crippen molar-refractivity contribution in [2.75, 3.05) is 13.2 Å². The lowest BCUT2D eigenvalue weighted by molar-refractivity contribution is 0.162. The summed E-state index contributed by atoms with van der Waals surface area (Å²) < 4.78 is 7.93. The van der Waals surface area contributed by atoms with Gasteiger partial charge in [-0.2, -0.15) is 0 Å². The molecule has 0 saturated heterocycles. The van der Waals surface area contributed by atoms with Crippen LogP contribution in [0, 0.1) is 5.41 Å². The minimum atomic E-state index is -1.05. The number of pyridine rings is 2. The SMILES string of the molecule is CC(C)(CNC(=O)O)COc1cccc2ccc(-c3nnc4ccccn34)nc12. The summed E-state index contributed by atoms with van der Waals surface area (Å²) >= 11 is 0. The molecule has 8 nitrogen and oxygen atoms in total. The molecular weight excluding hydrogens is 370 g/mol. The number of para-hydroxylation sites is 1. The number of amides is 1. The van der Waals surface area contributed by atoms with Crippen molar-refractivity contribution in [3.05, 3.63) is 54.7 Å². The highest BCUT2D eigenvalue weighted by Gasteiger charge is 2.21. The predicted octanol–water partition coefficient (Wildman–Crippen LogP) is 3.62. The first-order chi connectivity index (χ1) is 13.9. The summed E-state index contributed by atoms with van der Waals surface area (Å²) in [5.41, 5.74) is 1.79. The summed E-state index contributed by atoms with van der Waals surface area (Å²) in [7, 11) is 0. The third-order valence-corrected chi connectivity index (χ3v) is 4.56. The number of aromatic nitrogens is 4. The molecule has 1 aromatic carbocycles. The third kappa shape index (κ3) is 3.96. The van der Waals surface area contributed by atoms with Crippen LogP contribution in [0.1, 0.15) is 13.8 Å². The Hall–Kier alpha value is -3.68. The molecule has 0 unspecified atom stereocenters. The molecule has 0 spiro atoms. The maximum atomic E-state index is 10.8. The van der Waals surface area contributed by atoms with Crippen molar-refractivity contribution in [2.45, 2.75) is 13.8 Å². The fourth-order valence-corrected chi connectivity index (χ4v) is 3.02. The molecule has 4 rings (SSSR count). The van der Waals surface area contributed by atoms with E-state index in [-0.39, 0.29) is 12.0 Å². The number of fused-ring (bicyclic) bond motifs is 2. The molecule has 4 aromatic rings. The van der Waals surface area contributed by atoms with E-state index in [1.54, 1.807) is 0 Å². The van der Waals surface area contributed by atoms with E-state index in [1.807, 2.05) is 73.0 Å². The normalized spacial score (nSPS) is 11.7. The molecule has 29 heavy (non-hydrogen) atoms. The van der Waals surface area contributed by atoms with Crippen molar-refractivity contribution in [2.24, 2.45) is 5.41 Å². The summed E-state index contributed by atoms with van der Waals surface area (Å²) in [5, 5.41) is 20.6. The largest absolute Gasteiger partial charge is 0.491 e. The lowest BCUT2D eigenvalue weighted by Gasteiger charge is -2.24. The van der Waals surface area contributed by atoms with Crippen molar-refractivity contribution < 1.29 is 14.6 Å². The number of nitrogens with one attached hydrogen (secondary N) is 1. The first-order valence-corrected chi connectivity index (χ1v) is 9.22. The number of hydrogen-bond acceptors (Lipinski definition) is 5. The molecule has 3 heterocycles. The Labute approximate surface area is 167 Å². The van der Waals surface area contributed by atoms with Crippen LogP contribution < -0.4 is 10.1 Å². The molecule has 0 bridgehead atoms. The van der Waals surface area contributed by atoms with Crippen molar-refractivity contribution in [1.29, 1.82) is 0 Å². The summed E-state index contributed by atoms with van der Waals surface area (Å²) in [6, 6.07) is 15.4. The Morgan fingerprint density at radius 2 is 2.00 bits per heavy atom. The van der Waals surface area contributed by atoms with Crippen molar-refractivity contribution in [1.82, 2.24) is 24.9 Å². The van der Waals surface area contributed by atoms with Gasteiger partial charge in [0.05, 0.1) is 6.61 Å². The number of carboxylic acid groups (broad SMARTS) is 1. The maximum absolute atomic E-state index is 10.8. The first kappa shape index (κ1) is 18.7. The standard InChI is InChI=1S/C21H21N5O3/c1-21(2,12-22-20(27)28)13-29-16-7-5-6-14-9-10-15(23-18(14)16)19-25-24-17-8-3-4-11-26(17)19/h3-11,22H,12-13H2,1-2H3,(H,27,28). The van der Waals surface area contributed by atoms with Crippen LogP contribution in [0.15, 0.2) is 54.7 Å². The van der Waals surface area contributed by atoms with Crippen LogP contribution in [0.2, 0.25) is 0 Å². The van der Waals surface area contributed by atoms with Crippen molar-refractivity contribution in [3.8, 4) is 17.3 Å². The number of hydrogen-bond donors (Lipinski definition) is 2. The van der Waals surface area contributed by atoms with Gasteiger partial charge >= 0.3 is 6.09 Å². The molecule has 0 fully saturated rings. The maximum Gasteiger partial charge on any atom is 0.404 e.